The van der Waals surface area contributed by atoms with E-state index in [1.165, 1.54) is 0 Å². The first-order chi connectivity index (χ1) is 8.61. The number of nitrogens with zero attached hydrogens (tertiary/aromatic N) is 2. The maximum Gasteiger partial charge on any atom is 0.144 e. The molecule has 0 saturated heterocycles. The summed E-state index contributed by atoms with van der Waals surface area (Å²) in [4.78, 5) is 0. The van der Waals surface area contributed by atoms with Crippen molar-refractivity contribution in [2.75, 3.05) is 17.7 Å². The van der Waals surface area contributed by atoms with Crippen LogP contribution in [0.4, 0.5) is 17.1 Å². The second kappa shape index (κ2) is 5.00. The Labute approximate surface area is 107 Å². The molecule has 0 aliphatic rings. The van der Waals surface area contributed by atoms with Crippen LogP contribution in [0.5, 0.6) is 5.75 Å². The number of aromatic nitrogens is 2. The summed E-state index contributed by atoms with van der Waals surface area (Å²) < 4.78 is 7.23. The molecule has 3 N–H and O–H groups in total. The van der Waals surface area contributed by atoms with E-state index in [-0.39, 0.29) is 0 Å². The molecule has 1 heterocycles. The highest BCUT2D eigenvalue weighted by Crippen LogP contribution is 2.32. The van der Waals surface area contributed by atoms with Gasteiger partial charge in [0, 0.05) is 13.2 Å². The third kappa shape index (κ3) is 2.40. The summed E-state index contributed by atoms with van der Waals surface area (Å²) in [6.07, 6.45) is 1.92. The normalized spacial score (nSPS) is 10.4. The van der Waals surface area contributed by atoms with Crippen LogP contribution in [0, 0.1) is 6.92 Å². The number of benzene rings is 1. The standard InChI is InChI=1S/C13H18N4O/c1-4-18-12-7-5-6-10(13(12)14)15-11-8-17(3)16-9(11)2/h5-8,15H,4,14H2,1-3H3. The summed E-state index contributed by atoms with van der Waals surface area (Å²) in [6, 6.07) is 5.69. The van der Waals surface area contributed by atoms with Gasteiger partial charge in [-0.1, -0.05) is 6.07 Å². The fraction of sp³-hybridized carbons (Fsp3) is 0.308. The third-order valence-corrected chi connectivity index (χ3v) is 2.65. The molecule has 5 heteroatoms. The van der Waals surface area contributed by atoms with E-state index < -0.39 is 0 Å². The summed E-state index contributed by atoms with van der Waals surface area (Å²) in [5, 5.41) is 7.55. The summed E-state index contributed by atoms with van der Waals surface area (Å²) in [6.45, 7) is 4.48. The maximum absolute atomic E-state index is 6.06. The molecule has 0 atom stereocenters. The number of nitrogens with two attached hydrogens (primary N) is 1. The number of nitrogen functional groups attached to an aromatic ring is 1. The molecule has 18 heavy (non-hydrogen) atoms. The van der Waals surface area contributed by atoms with Gasteiger partial charge in [0.25, 0.3) is 0 Å². The Balaban J connectivity index is 2.29. The van der Waals surface area contributed by atoms with Crippen molar-refractivity contribution in [3.05, 3.63) is 30.1 Å². The molecule has 0 radical (unpaired) electrons. The lowest BCUT2D eigenvalue weighted by Gasteiger charge is -2.12. The van der Waals surface area contributed by atoms with Gasteiger partial charge < -0.3 is 15.8 Å². The van der Waals surface area contributed by atoms with Gasteiger partial charge in [-0.05, 0) is 26.0 Å². The molecule has 0 fully saturated rings. The summed E-state index contributed by atoms with van der Waals surface area (Å²) in [5.41, 5.74) is 9.38. The van der Waals surface area contributed by atoms with Gasteiger partial charge in [-0.2, -0.15) is 5.10 Å². The van der Waals surface area contributed by atoms with Gasteiger partial charge in [0.05, 0.1) is 29.4 Å². The zero-order valence-electron chi connectivity index (χ0n) is 10.9. The van der Waals surface area contributed by atoms with Crippen molar-refractivity contribution in [3.8, 4) is 5.75 Å². The first kappa shape index (κ1) is 12.3. The van der Waals surface area contributed by atoms with Crippen LogP contribution in [0.1, 0.15) is 12.6 Å². The molecular weight excluding hydrogens is 228 g/mol. The van der Waals surface area contributed by atoms with E-state index in [1.807, 2.05) is 45.3 Å². The van der Waals surface area contributed by atoms with Crippen LogP contribution >= 0.6 is 0 Å². The fourth-order valence-electron chi connectivity index (χ4n) is 1.80. The highest BCUT2D eigenvalue weighted by molar-refractivity contribution is 5.77. The lowest BCUT2D eigenvalue weighted by atomic mass is 10.2. The van der Waals surface area contributed by atoms with Crippen LogP contribution in [0.2, 0.25) is 0 Å². The monoisotopic (exact) mass is 246 g/mol. The highest BCUT2D eigenvalue weighted by Gasteiger charge is 2.08. The van der Waals surface area contributed by atoms with Crippen molar-refractivity contribution in [2.45, 2.75) is 13.8 Å². The van der Waals surface area contributed by atoms with E-state index in [2.05, 4.69) is 10.4 Å². The molecule has 2 aromatic rings. The summed E-state index contributed by atoms with van der Waals surface area (Å²) in [7, 11) is 1.89. The number of hydrogen-bond donors (Lipinski definition) is 2. The lowest BCUT2D eigenvalue weighted by Crippen LogP contribution is -2.01. The first-order valence-electron chi connectivity index (χ1n) is 5.90. The van der Waals surface area contributed by atoms with Crippen LogP contribution in [-0.4, -0.2) is 16.4 Å². The number of para-hydroxylation sites is 1. The minimum atomic E-state index is 0.597. The SMILES string of the molecule is CCOc1cccc(Nc2cn(C)nc2C)c1N. The predicted octanol–water partition coefficient (Wildman–Crippen LogP) is 2.45. The van der Waals surface area contributed by atoms with Crippen molar-refractivity contribution >= 4 is 17.1 Å². The van der Waals surface area contributed by atoms with Crippen LogP contribution in [-0.2, 0) is 7.05 Å². The zero-order chi connectivity index (χ0) is 13.1. The van der Waals surface area contributed by atoms with E-state index in [1.54, 1.807) is 4.68 Å². The number of aryl methyl sites for hydroxylation is 2. The Morgan fingerprint density at radius 2 is 2.17 bits per heavy atom. The number of nitrogens with one attached hydrogen (secondary N) is 1. The van der Waals surface area contributed by atoms with Crippen LogP contribution in [0.25, 0.3) is 0 Å². The first-order valence-corrected chi connectivity index (χ1v) is 5.90. The third-order valence-electron chi connectivity index (χ3n) is 2.65. The molecule has 0 aliphatic carbocycles. The van der Waals surface area contributed by atoms with E-state index in [9.17, 15) is 0 Å². The Hall–Kier alpha value is -2.17. The van der Waals surface area contributed by atoms with Gasteiger partial charge in [0.1, 0.15) is 5.75 Å². The van der Waals surface area contributed by atoms with Crippen molar-refractivity contribution in [2.24, 2.45) is 7.05 Å². The van der Waals surface area contributed by atoms with Crippen LogP contribution in [0.3, 0.4) is 0 Å². The minimum Gasteiger partial charge on any atom is -0.492 e. The molecule has 1 aromatic heterocycles. The molecule has 96 valence electrons. The quantitative estimate of drug-likeness (QED) is 0.813. The Morgan fingerprint density at radius 3 is 2.78 bits per heavy atom. The highest BCUT2D eigenvalue weighted by atomic mass is 16.5. The van der Waals surface area contributed by atoms with Gasteiger partial charge in [0.2, 0.25) is 0 Å². The largest absolute Gasteiger partial charge is 0.492 e. The number of anilines is 3. The number of hydrogen-bond acceptors (Lipinski definition) is 4. The maximum atomic E-state index is 6.06. The molecule has 0 saturated carbocycles. The number of ether oxygens (including phenoxy) is 1. The smallest absolute Gasteiger partial charge is 0.144 e. The summed E-state index contributed by atoms with van der Waals surface area (Å²) >= 11 is 0. The van der Waals surface area contributed by atoms with Crippen LogP contribution < -0.4 is 15.8 Å². The molecular formula is C13H18N4O. The topological polar surface area (TPSA) is 65.1 Å². The van der Waals surface area contributed by atoms with Crippen molar-refractivity contribution in [1.29, 1.82) is 0 Å². The predicted molar refractivity (Wildman–Crippen MR) is 73.3 cm³/mol. The zero-order valence-corrected chi connectivity index (χ0v) is 10.9. The Morgan fingerprint density at radius 1 is 1.39 bits per heavy atom. The molecule has 0 aliphatic heterocycles. The van der Waals surface area contributed by atoms with E-state index in [0.717, 1.165) is 17.1 Å². The van der Waals surface area contributed by atoms with Gasteiger partial charge in [-0.15, -0.1) is 0 Å². The summed E-state index contributed by atoms with van der Waals surface area (Å²) in [5.74, 6) is 0.698. The lowest BCUT2D eigenvalue weighted by molar-refractivity contribution is 0.342. The van der Waals surface area contributed by atoms with Gasteiger partial charge in [-0.25, -0.2) is 0 Å². The average molecular weight is 246 g/mol. The Kier molecular flexibility index (Phi) is 3.41. The molecule has 0 unspecified atom stereocenters. The number of rotatable bonds is 4. The van der Waals surface area contributed by atoms with E-state index in [0.29, 0.717) is 18.0 Å². The molecule has 0 spiro atoms. The van der Waals surface area contributed by atoms with Gasteiger partial charge >= 0.3 is 0 Å². The average Bonchev–Trinajstić information content (AvgIpc) is 2.63. The van der Waals surface area contributed by atoms with E-state index >= 15 is 0 Å². The fourth-order valence-corrected chi connectivity index (χ4v) is 1.80. The van der Waals surface area contributed by atoms with Gasteiger partial charge in [-0.3, -0.25) is 4.68 Å². The molecule has 0 amide bonds. The minimum absolute atomic E-state index is 0.597. The second-order valence-electron chi connectivity index (χ2n) is 4.08. The van der Waals surface area contributed by atoms with Gasteiger partial charge in [0.15, 0.2) is 0 Å². The molecule has 2 rings (SSSR count). The van der Waals surface area contributed by atoms with Crippen molar-refractivity contribution in [1.82, 2.24) is 9.78 Å². The van der Waals surface area contributed by atoms with Crippen LogP contribution in [0.15, 0.2) is 24.4 Å². The Bertz CT molecular complexity index is 548. The molecule has 1 aromatic carbocycles. The van der Waals surface area contributed by atoms with E-state index in [4.69, 9.17) is 10.5 Å². The molecule has 5 nitrogen and oxygen atoms in total. The second-order valence-corrected chi connectivity index (χ2v) is 4.08. The molecule has 0 bridgehead atoms. The van der Waals surface area contributed by atoms with Crippen molar-refractivity contribution < 1.29 is 4.74 Å². The van der Waals surface area contributed by atoms with Crippen molar-refractivity contribution in [3.63, 3.8) is 0 Å².